The molecule has 4 aromatic rings. The molecule has 0 aliphatic carbocycles. The van der Waals surface area contributed by atoms with Gasteiger partial charge in [-0.25, -0.2) is 9.97 Å². The molecule has 2 aromatic heterocycles. The molecule has 24 heavy (non-hydrogen) atoms. The van der Waals surface area contributed by atoms with Crippen LogP contribution in [0.15, 0.2) is 47.3 Å². The third kappa shape index (κ3) is 2.06. The number of rotatable bonds is 1. The monoisotopic (exact) mass is 380 g/mol. The Morgan fingerprint density at radius 2 is 2.12 bits per heavy atom. The van der Waals surface area contributed by atoms with Crippen LogP contribution in [0.25, 0.3) is 33.1 Å². The Bertz CT molecular complexity index is 1090. The van der Waals surface area contributed by atoms with Gasteiger partial charge in [-0.05, 0) is 18.2 Å². The van der Waals surface area contributed by atoms with Crippen molar-refractivity contribution in [3.8, 4) is 17.0 Å². The zero-order valence-corrected chi connectivity index (χ0v) is 14.2. The summed E-state index contributed by atoms with van der Waals surface area (Å²) in [5.74, 6) is 0.894. The minimum Gasteiger partial charge on any atom is -0.491 e. The average molecular weight is 381 g/mol. The number of fused-ring (bicyclic) bond motifs is 1. The standard InChI is InChI=1S/C18H13BrN4O/c19-12-6-14-16-15(7-12)24-4-3-21-18(16)17(23-14)10-1-2-11-8-20-9-22-13(11)5-10/h1-2,5-9,21,23H,3-4H2. The first kappa shape index (κ1) is 13.8. The Labute approximate surface area is 146 Å². The summed E-state index contributed by atoms with van der Waals surface area (Å²) in [6.07, 6.45) is 3.40. The van der Waals surface area contributed by atoms with Crippen molar-refractivity contribution in [1.29, 1.82) is 0 Å². The number of benzene rings is 2. The second kappa shape index (κ2) is 5.21. The maximum atomic E-state index is 5.89. The van der Waals surface area contributed by atoms with E-state index in [1.807, 2.05) is 18.3 Å². The number of anilines is 1. The average Bonchev–Trinajstić information content (AvgIpc) is 2.82. The number of H-pyrrole nitrogens is 1. The molecule has 5 nitrogen and oxygen atoms in total. The number of hydrogen-bond donors (Lipinski definition) is 2. The van der Waals surface area contributed by atoms with Crippen molar-refractivity contribution < 1.29 is 4.74 Å². The van der Waals surface area contributed by atoms with E-state index in [2.05, 4.69) is 54.4 Å². The number of nitrogens with one attached hydrogen (secondary N) is 2. The molecular formula is C18H13BrN4O. The van der Waals surface area contributed by atoms with E-state index in [9.17, 15) is 0 Å². The molecule has 3 heterocycles. The molecule has 118 valence electrons. The zero-order valence-electron chi connectivity index (χ0n) is 12.6. The Kier molecular flexibility index (Phi) is 2.99. The molecular weight excluding hydrogens is 368 g/mol. The van der Waals surface area contributed by atoms with Gasteiger partial charge in [-0.1, -0.05) is 28.1 Å². The molecule has 0 unspecified atom stereocenters. The van der Waals surface area contributed by atoms with E-state index >= 15 is 0 Å². The molecule has 0 saturated heterocycles. The van der Waals surface area contributed by atoms with Gasteiger partial charge in [0.1, 0.15) is 18.7 Å². The maximum Gasteiger partial charge on any atom is 0.132 e. The van der Waals surface area contributed by atoms with Crippen LogP contribution in [-0.2, 0) is 0 Å². The summed E-state index contributed by atoms with van der Waals surface area (Å²) < 4.78 is 6.89. The molecule has 0 saturated carbocycles. The first-order valence-electron chi connectivity index (χ1n) is 7.71. The first-order valence-corrected chi connectivity index (χ1v) is 8.51. The lowest BCUT2D eigenvalue weighted by molar-refractivity contribution is 0.339. The molecule has 1 aliphatic rings. The number of aromatic amines is 1. The van der Waals surface area contributed by atoms with Crippen molar-refractivity contribution in [1.82, 2.24) is 15.0 Å². The van der Waals surface area contributed by atoms with Crippen LogP contribution in [0.2, 0.25) is 0 Å². The highest BCUT2D eigenvalue weighted by Gasteiger charge is 2.20. The fourth-order valence-electron chi connectivity index (χ4n) is 3.23. The van der Waals surface area contributed by atoms with Crippen molar-refractivity contribution in [3.05, 3.63) is 47.3 Å². The lowest BCUT2D eigenvalue weighted by Gasteiger charge is -2.06. The van der Waals surface area contributed by atoms with Crippen LogP contribution >= 0.6 is 15.9 Å². The van der Waals surface area contributed by atoms with Gasteiger partial charge in [-0.2, -0.15) is 0 Å². The summed E-state index contributed by atoms with van der Waals surface area (Å²) in [4.78, 5) is 12.0. The summed E-state index contributed by atoms with van der Waals surface area (Å²) >= 11 is 3.56. The van der Waals surface area contributed by atoms with Gasteiger partial charge < -0.3 is 15.0 Å². The number of hydrogen-bond acceptors (Lipinski definition) is 4. The minimum absolute atomic E-state index is 0.643. The molecule has 0 atom stereocenters. The number of ether oxygens (including phenoxy) is 1. The minimum atomic E-state index is 0.643. The summed E-state index contributed by atoms with van der Waals surface area (Å²) in [5.41, 5.74) is 5.19. The highest BCUT2D eigenvalue weighted by molar-refractivity contribution is 9.10. The van der Waals surface area contributed by atoms with Gasteiger partial charge in [-0.15, -0.1) is 0 Å². The smallest absolute Gasteiger partial charge is 0.132 e. The topological polar surface area (TPSA) is 62.8 Å². The van der Waals surface area contributed by atoms with Crippen molar-refractivity contribution in [2.75, 3.05) is 18.5 Å². The highest BCUT2D eigenvalue weighted by atomic mass is 79.9. The molecule has 0 radical (unpaired) electrons. The van der Waals surface area contributed by atoms with Crippen molar-refractivity contribution in [3.63, 3.8) is 0 Å². The fourth-order valence-corrected chi connectivity index (χ4v) is 3.67. The SMILES string of the molecule is Brc1cc2c3c(c(-c4ccc5cncnc5c4)[nH]c3c1)NCCO2. The Hall–Kier alpha value is -2.60. The molecule has 0 bridgehead atoms. The van der Waals surface area contributed by atoms with Crippen LogP contribution in [0, 0.1) is 0 Å². The van der Waals surface area contributed by atoms with Crippen LogP contribution < -0.4 is 10.1 Å². The van der Waals surface area contributed by atoms with Gasteiger partial charge in [0.05, 0.1) is 27.8 Å². The lowest BCUT2D eigenvalue weighted by Crippen LogP contribution is -2.08. The summed E-state index contributed by atoms with van der Waals surface area (Å²) in [5, 5.41) is 5.62. The van der Waals surface area contributed by atoms with E-state index in [1.54, 1.807) is 6.33 Å². The van der Waals surface area contributed by atoms with Crippen LogP contribution in [0.3, 0.4) is 0 Å². The van der Waals surface area contributed by atoms with Gasteiger partial charge in [0.2, 0.25) is 0 Å². The van der Waals surface area contributed by atoms with E-state index in [0.29, 0.717) is 6.61 Å². The van der Waals surface area contributed by atoms with Crippen LogP contribution in [-0.4, -0.2) is 28.1 Å². The third-order valence-corrected chi connectivity index (χ3v) is 4.74. The maximum absolute atomic E-state index is 5.89. The normalized spacial score (nSPS) is 13.5. The Balaban J connectivity index is 1.80. The molecule has 0 fully saturated rings. The van der Waals surface area contributed by atoms with Gasteiger partial charge in [0.15, 0.2) is 0 Å². The summed E-state index contributed by atoms with van der Waals surface area (Å²) in [6.45, 7) is 1.41. The third-order valence-electron chi connectivity index (χ3n) is 4.28. The van der Waals surface area contributed by atoms with Crippen molar-refractivity contribution in [2.24, 2.45) is 0 Å². The summed E-state index contributed by atoms with van der Waals surface area (Å²) in [7, 11) is 0. The number of aromatic nitrogens is 3. The van der Waals surface area contributed by atoms with Gasteiger partial charge >= 0.3 is 0 Å². The summed E-state index contributed by atoms with van der Waals surface area (Å²) in [6, 6.07) is 10.3. The van der Waals surface area contributed by atoms with E-state index < -0.39 is 0 Å². The first-order chi connectivity index (χ1) is 11.8. The molecule has 0 amide bonds. The number of halogens is 1. The van der Waals surface area contributed by atoms with E-state index in [0.717, 1.165) is 55.5 Å². The number of nitrogens with zero attached hydrogens (tertiary/aromatic N) is 2. The molecule has 6 heteroatoms. The van der Waals surface area contributed by atoms with Gasteiger partial charge in [0, 0.05) is 28.2 Å². The van der Waals surface area contributed by atoms with Crippen molar-refractivity contribution in [2.45, 2.75) is 0 Å². The fraction of sp³-hybridized carbons (Fsp3) is 0.111. The predicted octanol–water partition coefficient (Wildman–Crippen LogP) is 4.34. The van der Waals surface area contributed by atoms with E-state index in [1.165, 1.54) is 0 Å². The van der Waals surface area contributed by atoms with Gasteiger partial charge in [0.25, 0.3) is 0 Å². The second-order valence-corrected chi connectivity index (χ2v) is 6.69. The van der Waals surface area contributed by atoms with Crippen molar-refractivity contribution >= 4 is 43.4 Å². The Morgan fingerprint density at radius 3 is 3.08 bits per heavy atom. The van der Waals surface area contributed by atoms with Crippen LogP contribution in [0.4, 0.5) is 5.69 Å². The predicted molar refractivity (Wildman–Crippen MR) is 98.5 cm³/mol. The highest BCUT2D eigenvalue weighted by Crippen LogP contribution is 2.42. The molecule has 1 aliphatic heterocycles. The molecule has 5 rings (SSSR count). The lowest BCUT2D eigenvalue weighted by atomic mass is 10.1. The quantitative estimate of drug-likeness (QED) is 0.515. The zero-order chi connectivity index (χ0) is 16.1. The molecule has 0 spiro atoms. The van der Waals surface area contributed by atoms with E-state index in [-0.39, 0.29) is 0 Å². The van der Waals surface area contributed by atoms with Crippen LogP contribution in [0.5, 0.6) is 5.75 Å². The molecule has 2 aromatic carbocycles. The van der Waals surface area contributed by atoms with Crippen LogP contribution in [0.1, 0.15) is 0 Å². The molecule has 2 N–H and O–H groups in total. The largest absolute Gasteiger partial charge is 0.491 e. The Morgan fingerprint density at radius 1 is 1.17 bits per heavy atom. The van der Waals surface area contributed by atoms with Gasteiger partial charge in [-0.3, -0.25) is 0 Å². The van der Waals surface area contributed by atoms with E-state index in [4.69, 9.17) is 4.74 Å². The second-order valence-electron chi connectivity index (χ2n) is 5.77.